The van der Waals surface area contributed by atoms with Crippen molar-refractivity contribution in [1.82, 2.24) is 9.88 Å². The smallest absolute Gasteiger partial charge is 0.407 e. The Hall–Kier alpha value is -4.31. The summed E-state index contributed by atoms with van der Waals surface area (Å²) in [5.41, 5.74) is 6.15. The van der Waals surface area contributed by atoms with E-state index < -0.39 is 18.1 Å². The molecule has 0 saturated carbocycles. The van der Waals surface area contributed by atoms with Gasteiger partial charge in [0.1, 0.15) is 18.4 Å². The van der Waals surface area contributed by atoms with Crippen molar-refractivity contribution >= 4 is 45.6 Å². The number of hydrogen-bond acceptors (Lipinski definition) is 4. The number of amides is 1. The molecule has 1 amide bonds. The standard InChI is InChI=1S/C33H27IN2O5/c34-22-13-15-23(16-14-22)41-20-36-18-21(24-7-5-6-12-31(24)36)17-30(32(37)38)35-33(39)40-19-29-27-10-3-1-8-25(27)26-9-2-4-11-28(26)29/h1-16,18,29-30H,17,19-20H2,(H,35,39)(H,37,38)/t30-/m0/s1. The minimum absolute atomic E-state index is 0.0938. The van der Waals surface area contributed by atoms with Gasteiger partial charge in [-0.05, 0) is 80.7 Å². The van der Waals surface area contributed by atoms with E-state index in [1.165, 1.54) is 0 Å². The number of hydrogen-bond donors (Lipinski definition) is 2. The highest BCUT2D eigenvalue weighted by Crippen LogP contribution is 2.44. The summed E-state index contributed by atoms with van der Waals surface area (Å²) in [6.45, 7) is 0.375. The van der Waals surface area contributed by atoms with Crippen LogP contribution in [0.25, 0.3) is 22.0 Å². The Morgan fingerprint density at radius 2 is 1.51 bits per heavy atom. The number of rotatable bonds is 9. The largest absolute Gasteiger partial charge is 0.480 e. The molecule has 0 spiro atoms. The number of carboxylic acid groups (broad SMARTS) is 1. The number of fused-ring (bicyclic) bond motifs is 4. The van der Waals surface area contributed by atoms with E-state index in [4.69, 9.17) is 9.47 Å². The number of aromatic nitrogens is 1. The number of nitrogens with one attached hydrogen (secondary N) is 1. The molecule has 2 N–H and O–H groups in total. The Balaban J connectivity index is 1.15. The lowest BCUT2D eigenvalue weighted by molar-refractivity contribution is -0.139. The molecule has 0 unspecified atom stereocenters. The van der Waals surface area contributed by atoms with Crippen LogP contribution in [0.2, 0.25) is 0 Å². The van der Waals surface area contributed by atoms with Crippen LogP contribution in [0.1, 0.15) is 22.6 Å². The van der Waals surface area contributed by atoms with Gasteiger partial charge in [-0.3, -0.25) is 0 Å². The van der Waals surface area contributed by atoms with Crippen LogP contribution in [0.15, 0.2) is 103 Å². The monoisotopic (exact) mass is 658 g/mol. The average Bonchev–Trinajstić information content (AvgIpc) is 3.50. The number of halogens is 1. The third kappa shape index (κ3) is 5.65. The lowest BCUT2D eigenvalue weighted by atomic mass is 9.98. The van der Waals surface area contributed by atoms with Gasteiger partial charge in [0.25, 0.3) is 0 Å². The van der Waals surface area contributed by atoms with Crippen molar-refractivity contribution in [3.05, 3.63) is 124 Å². The van der Waals surface area contributed by atoms with E-state index in [0.717, 1.165) is 48.0 Å². The van der Waals surface area contributed by atoms with Crippen LogP contribution < -0.4 is 10.1 Å². The lowest BCUT2D eigenvalue weighted by Gasteiger charge is -2.17. The Kier molecular flexibility index (Phi) is 7.65. The minimum atomic E-state index is -1.16. The fourth-order valence-electron chi connectivity index (χ4n) is 5.47. The number of carboxylic acids is 1. The Bertz CT molecular complexity index is 1680. The first-order valence-electron chi connectivity index (χ1n) is 13.3. The summed E-state index contributed by atoms with van der Waals surface area (Å²) < 4.78 is 14.6. The van der Waals surface area contributed by atoms with Gasteiger partial charge in [0.2, 0.25) is 0 Å². The topological polar surface area (TPSA) is 89.8 Å². The summed E-state index contributed by atoms with van der Waals surface area (Å²) in [5.74, 6) is -0.502. The van der Waals surface area contributed by atoms with Gasteiger partial charge in [-0.15, -0.1) is 0 Å². The fourth-order valence-corrected chi connectivity index (χ4v) is 5.83. The van der Waals surface area contributed by atoms with Crippen LogP contribution in [0.4, 0.5) is 4.79 Å². The van der Waals surface area contributed by atoms with Crippen LogP contribution in [0.3, 0.4) is 0 Å². The molecule has 1 atom stereocenters. The van der Waals surface area contributed by atoms with Crippen LogP contribution >= 0.6 is 22.6 Å². The minimum Gasteiger partial charge on any atom is -0.480 e. The quantitative estimate of drug-likeness (QED) is 0.170. The second-order valence-corrected chi connectivity index (χ2v) is 11.2. The van der Waals surface area contributed by atoms with Gasteiger partial charge in [-0.1, -0.05) is 66.7 Å². The number of carbonyl (C=O) groups excluding carboxylic acids is 1. The van der Waals surface area contributed by atoms with Crippen molar-refractivity contribution in [2.24, 2.45) is 0 Å². The zero-order chi connectivity index (χ0) is 28.3. The van der Waals surface area contributed by atoms with E-state index in [-0.39, 0.29) is 25.7 Å². The third-order valence-electron chi connectivity index (χ3n) is 7.41. The molecule has 4 aromatic carbocycles. The predicted molar refractivity (Wildman–Crippen MR) is 165 cm³/mol. The third-order valence-corrected chi connectivity index (χ3v) is 8.13. The average molecular weight is 658 g/mol. The highest BCUT2D eigenvalue weighted by molar-refractivity contribution is 14.1. The number of aliphatic carboxylic acids is 1. The van der Waals surface area contributed by atoms with E-state index in [9.17, 15) is 14.7 Å². The maximum Gasteiger partial charge on any atom is 0.407 e. The Labute approximate surface area is 250 Å². The normalized spacial score (nSPS) is 12.9. The summed E-state index contributed by atoms with van der Waals surface area (Å²) in [6.07, 6.45) is 1.22. The molecule has 1 heterocycles. The molecule has 41 heavy (non-hydrogen) atoms. The lowest BCUT2D eigenvalue weighted by Crippen LogP contribution is -2.42. The zero-order valence-corrected chi connectivity index (χ0v) is 24.2. The van der Waals surface area contributed by atoms with Gasteiger partial charge >= 0.3 is 12.1 Å². The van der Waals surface area contributed by atoms with Gasteiger partial charge in [0, 0.05) is 27.5 Å². The second-order valence-electron chi connectivity index (χ2n) is 9.93. The van der Waals surface area contributed by atoms with Gasteiger partial charge in [0.15, 0.2) is 6.73 Å². The number of para-hydroxylation sites is 1. The maximum absolute atomic E-state index is 12.9. The van der Waals surface area contributed by atoms with Crippen LogP contribution in [-0.4, -0.2) is 34.4 Å². The van der Waals surface area contributed by atoms with Crippen molar-refractivity contribution in [1.29, 1.82) is 0 Å². The van der Waals surface area contributed by atoms with Crippen LogP contribution in [-0.2, 0) is 22.7 Å². The Morgan fingerprint density at radius 3 is 2.20 bits per heavy atom. The number of benzene rings is 4. The van der Waals surface area contributed by atoms with Crippen LogP contribution in [0, 0.1) is 3.57 Å². The molecule has 8 heteroatoms. The molecule has 0 saturated heterocycles. The summed E-state index contributed by atoms with van der Waals surface area (Å²) in [6, 6.07) is 30.5. The molecule has 1 aromatic heterocycles. The summed E-state index contributed by atoms with van der Waals surface area (Å²) >= 11 is 2.24. The Morgan fingerprint density at radius 1 is 0.878 bits per heavy atom. The molecular formula is C33H27IN2O5. The first kappa shape index (κ1) is 26.9. The molecule has 6 rings (SSSR count). The van der Waals surface area contributed by atoms with E-state index in [2.05, 4.69) is 40.0 Å². The number of alkyl carbamates (subject to hydrolysis) is 1. The summed E-state index contributed by atoms with van der Waals surface area (Å²) in [4.78, 5) is 25.1. The highest BCUT2D eigenvalue weighted by atomic mass is 127. The maximum atomic E-state index is 12.9. The molecule has 0 fully saturated rings. The molecule has 7 nitrogen and oxygen atoms in total. The number of ether oxygens (including phenoxy) is 2. The predicted octanol–water partition coefficient (Wildman–Crippen LogP) is 6.82. The summed E-state index contributed by atoms with van der Waals surface area (Å²) in [5, 5.41) is 13.4. The molecular weight excluding hydrogens is 631 g/mol. The fraction of sp³-hybridized carbons (Fsp3) is 0.152. The van der Waals surface area contributed by atoms with Gasteiger partial charge in [-0.2, -0.15) is 0 Å². The van der Waals surface area contributed by atoms with E-state index in [1.54, 1.807) is 0 Å². The molecule has 5 aromatic rings. The van der Waals surface area contributed by atoms with Gasteiger partial charge < -0.3 is 24.5 Å². The van der Waals surface area contributed by atoms with Gasteiger partial charge in [-0.25, -0.2) is 9.59 Å². The molecule has 0 radical (unpaired) electrons. The van der Waals surface area contributed by atoms with Crippen molar-refractivity contribution in [3.63, 3.8) is 0 Å². The van der Waals surface area contributed by atoms with E-state index in [1.807, 2.05) is 95.7 Å². The molecule has 1 aliphatic carbocycles. The number of carbonyl (C=O) groups is 2. The SMILES string of the molecule is O=C(N[C@@H](Cc1cn(COc2ccc(I)cc2)c2ccccc12)C(=O)O)OCC1c2ccccc2-c2ccccc21. The van der Waals surface area contributed by atoms with Gasteiger partial charge in [0.05, 0.1) is 5.52 Å². The summed E-state index contributed by atoms with van der Waals surface area (Å²) in [7, 11) is 0. The zero-order valence-electron chi connectivity index (χ0n) is 22.0. The first-order chi connectivity index (χ1) is 20.0. The first-order valence-corrected chi connectivity index (χ1v) is 14.4. The number of nitrogens with zero attached hydrogens (tertiary/aromatic N) is 1. The van der Waals surface area contributed by atoms with E-state index in [0.29, 0.717) is 0 Å². The molecule has 0 aliphatic heterocycles. The molecule has 206 valence electrons. The molecule has 1 aliphatic rings. The van der Waals surface area contributed by atoms with Crippen molar-refractivity contribution in [2.45, 2.75) is 25.1 Å². The van der Waals surface area contributed by atoms with Crippen molar-refractivity contribution in [3.8, 4) is 16.9 Å². The van der Waals surface area contributed by atoms with Crippen LogP contribution in [0.5, 0.6) is 5.75 Å². The van der Waals surface area contributed by atoms with E-state index >= 15 is 0 Å². The van der Waals surface area contributed by atoms with Crippen molar-refractivity contribution in [2.75, 3.05) is 6.61 Å². The highest BCUT2D eigenvalue weighted by Gasteiger charge is 2.30. The molecule has 0 bridgehead atoms. The van der Waals surface area contributed by atoms with Crippen molar-refractivity contribution < 1.29 is 24.2 Å². The second kappa shape index (κ2) is 11.7.